The molecule has 5 nitrogen and oxygen atoms in total. The Hall–Kier alpha value is -1.62. The second kappa shape index (κ2) is 5.35. The minimum atomic E-state index is -0.246. The van der Waals surface area contributed by atoms with Crippen LogP contribution >= 0.6 is 0 Å². The lowest BCUT2D eigenvalue weighted by Gasteiger charge is -2.26. The summed E-state index contributed by atoms with van der Waals surface area (Å²) in [6.45, 7) is 7.73. The van der Waals surface area contributed by atoms with Gasteiger partial charge in [-0.3, -0.25) is 4.79 Å². The summed E-state index contributed by atoms with van der Waals surface area (Å²) < 4.78 is 0. The molecule has 0 aliphatic carbocycles. The van der Waals surface area contributed by atoms with Crippen molar-refractivity contribution in [2.24, 2.45) is 11.1 Å². The molecule has 0 aromatic carbocycles. The molecule has 0 radical (unpaired) electrons. The monoisotopic (exact) mass is 251 g/mol. The molecule has 1 unspecified atom stereocenters. The number of nitrogens with two attached hydrogens (primary N) is 1. The van der Waals surface area contributed by atoms with Crippen molar-refractivity contribution in [3.8, 4) is 5.75 Å². The van der Waals surface area contributed by atoms with Crippen LogP contribution in [0, 0.1) is 12.3 Å². The number of hydrogen-bond acceptors (Lipinski definition) is 4. The number of nitrogens with one attached hydrogen (secondary N) is 1. The van der Waals surface area contributed by atoms with E-state index in [1.165, 1.54) is 6.07 Å². The molecule has 1 aromatic rings. The highest BCUT2D eigenvalue weighted by Crippen LogP contribution is 2.22. The van der Waals surface area contributed by atoms with Crippen molar-refractivity contribution in [1.82, 2.24) is 4.98 Å². The summed E-state index contributed by atoms with van der Waals surface area (Å²) in [5.41, 5.74) is 6.52. The molecule has 1 heterocycles. The Balaban J connectivity index is 2.68. The Morgan fingerprint density at radius 2 is 2.11 bits per heavy atom. The molecule has 0 bridgehead atoms. The third-order valence-corrected chi connectivity index (χ3v) is 2.79. The van der Waals surface area contributed by atoms with Gasteiger partial charge < -0.3 is 16.2 Å². The van der Waals surface area contributed by atoms with Gasteiger partial charge in [0, 0.05) is 18.2 Å². The maximum absolute atomic E-state index is 11.8. The zero-order valence-corrected chi connectivity index (χ0v) is 11.3. The van der Waals surface area contributed by atoms with Gasteiger partial charge in [-0.15, -0.1) is 0 Å². The van der Waals surface area contributed by atoms with Gasteiger partial charge in [0.25, 0.3) is 0 Å². The van der Waals surface area contributed by atoms with Crippen LogP contribution in [0.5, 0.6) is 5.75 Å². The summed E-state index contributed by atoms with van der Waals surface area (Å²) in [7, 11) is 0. The van der Waals surface area contributed by atoms with Crippen LogP contribution in [0.3, 0.4) is 0 Å². The molecule has 0 saturated heterocycles. The van der Waals surface area contributed by atoms with Crippen LogP contribution in [0.2, 0.25) is 0 Å². The van der Waals surface area contributed by atoms with E-state index in [-0.39, 0.29) is 35.4 Å². The SMILES string of the molecule is Cc1ccc(O)c(NC(=O)CC(N)C(C)(C)C)n1. The molecule has 100 valence electrons. The van der Waals surface area contributed by atoms with Crippen LogP contribution in [-0.4, -0.2) is 22.0 Å². The summed E-state index contributed by atoms with van der Waals surface area (Å²) in [4.78, 5) is 15.9. The van der Waals surface area contributed by atoms with Crippen molar-refractivity contribution < 1.29 is 9.90 Å². The largest absolute Gasteiger partial charge is 0.504 e. The van der Waals surface area contributed by atoms with Crippen molar-refractivity contribution in [1.29, 1.82) is 0 Å². The number of aromatic nitrogens is 1. The van der Waals surface area contributed by atoms with Gasteiger partial charge in [-0.05, 0) is 24.5 Å². The zero-order chi connectivity index (χ0) is 13.9. The van der Waals surface area contributed by atoms with Crippen molar-refractivity contribution in [3.05, 3.63) is 17.8 Å². The first-order valence-corrected chi connectivity index (χ1v) is 5.92. The topological polar surface area (TPSA) is 88.2 Å². The molecule has 0 saturated carbocycles. The Bertz CT molecular complexity index is 438. The number of carbonyl (C=O) groups excluding carboxylic acids is 1. The van der Waals surface area contributed by atoms with Gasteiger partial charge in [-0.1, -0.05) is 20.8 Å². The number of aromatic hydroxyl groups is 1. The van der Waals surface area contributed by atoms with Crippen LogP contribution in [0.25, 0.3) is 0 Å². The second-order valence-corrected chi connectivity index (χ2v) is 5.55. The molecule has 4 N–H and O–H groups in total. The Morgan fingerprint density at radius 3 is 2.67 bits per heavy atom. The van der Waals surface area contributed by atoms with Gasteiger partial charge in [0.1, 0.15) is 0 Å². The lowest BCUT2D eigenvalue weighted by molar-refractivity contribution is -0.117. The third kappa shape index (κ3) is 4.00. The Labute approximate surface area is 107 Å². The van der Waals surface area contributed by atoms with Crippen LogP contribution in [0.4, 0.5) is 5.82 Å². The first-order valence-electron chi connectivity index (χ1n) is 5.92. The molecule has 0 aliphatic heterocycles. The standard InChI is InChI=1S/C13H21N3O2/c1-8-5-6-9(17)12(15-8)16-11(18)7-10(14)13(2,3)4/h5-6,10,17H,7,14H2,1-4H3,(H,15,16,18). The molecule has 1 atom stereocenters. The quantitative estimate of drug-likeness (QED) is 0.764. The van der Waals surface area contributed by atoms with Crippen LogP contribution in [0.1, 0.15) is 32.9 Å². The number of carbonyl (C=O) groups is 1. The van der Waals surface area contributed by atoms with Crippen molar-refractivity contribution in [3.63, 3.8) is 0 Å². The van der Waals surface area contributed by atoms with E-state index in [4.69, 9.17) is 5.73 Å². The summed E-state index contributed by atoms with van der Waals surface area (Å²) in [6, 6.07) is 2.93. The summed E-state index contributed by atoms with van der Waals surface area (Å²) >= 11 is 0. The molecule has 0 fully saturated rings. The molecule has 0 aliphatic rings. The van der Waals surface area contributed by atoms with Crippen molar-refractivity contribution in [2.75, 3.05) is 5.32 Å². The highest BCUT2D eigenvalue weighted by molar-refractivity contribution is 5.91. The molecule has 1 rings (SSSR count). The lowest BCUT2D eigenvalue weighted by atomic mass is 9.85. The number of hydrogen-bond donors (Lipinski definition) is 3. The minimum Gasteiger partial charge on any atom is -0.504 e. The average molecular weight is 251 g/mol. The highest BCUT2D eigenvalue weighted by Gasteiger charge is 2.23. The van der Waals surface area contributed by atoms with Crippen LogP contribution in [-0.2, 0) is 4.79 Å². The first-order chi connectivity index (χ1) is 8.20. The minimum absolute atomic E-state index is 0.0433. The second-order valence-electron chi connectivity index (χ2n) is 5.55. The number of rotatable bonds is 3. The fourth-order valence-corrected chi connectivity index (χ4v) is 1.33. The molecule has 18 heavy (non-hydrogen) atoms. The average Bonchev–Trinajstić information content (AvgIpc) is 2.22. The van der Waals surface area contributed by atoms with E-state index in [9.17, 15) is 9.90 Å². The molecule has 1 aromatic heterocycles. The van der Waals surface area contributed by atoms with Gasteiger partial charge in [0.15, 0.2) is 11.6 Å². The summed E-state index contributed by atoms with van der Waals surface area (Å²) in [5, 5.41) is 12.1. The Morgan fingerprint density at radius 1 is 1.50 bits per heavy atom. The highest BCUT2D eigenvalue weighted by atomic mass is 16.3. The van der Waals surface area contributed by atoms with E-state index in [1.807, 2.05) is 20.8 Å². The van der Waals surface area contributed by atoms with Crippen molar-refractivity contribution in [2.45, 2.75) is 40.2 Å². The van der Waals surface area contributed by atoms with Gasteiger partial charge in [-0.2, -0.15) is 0 Å². The van der Waals surface area contributed by atoms with E-state index >= 15 is 0 Å². The summed E-state index contributed by atoms with van der Waals surface area (Å²) in [5.74, 6) is -0.106. The van der Waals surface area contributed by atoms with Crippen molar-refractivity contribution >= 4 is 11.7 Å². The zero-order valence-electron chi connectivity index (χ0n) is 11.3. The van der Waals surface area contributed by atoms with Crippen LogP contribution in [0.15, 0.2) is 12.1 Å². The normalized spacial score (nSPS) is 13.2. The maximum atomic E-state index is 11.8. The number of pyridine rings is 1. The van der Waals surface area contributed by atoms with E-state index < -0.39 is 0 Å². The molecule has 5 heteroatoms. The fourth-order valence-electron chi connectivity index (χ4n) is 1.33. The van der Waals surface area contributed by atoms with Gasteiger partial charge >= 0.3 is 0 Å². The number of nitrogens with zero attached hydrogens (tertiary/aromatic N) is 1. The lowest BCUT2D eigenvalue weighted by Crippen LogP contribution is -2.38. The van der Waals surface area contributed by atoms with E-state index in [0.29, 0.717) is 0 Å². The summed E-state index contributed by atoms with van der Waals surface area (Å²) in [6.07, 6.45) is 0.193. The van der Waals surface area contributed by atoms with Gasteiger partial charge in [0.2, 0.25) is 5.91 Å². The number of amides is 1. The number of aryl methyl sites for hydroxylation is 1. The molecular formula is C13H21N3O2. The smallest absolute Gasteiger partial charge is 0.227 e. The number of anilines is 1. The van der Waals surface area contributed by atoms with E-state index in [2.05, 4.69) is 10.3 Å². The van der Waals surface area contributed by atoms with Gasteiger partial charge in [0.05, 0.1) is 0 Å². The predicted octanol–water partition coefficient (Wildman–Crippen LogP) is 1.80. The maximum Gasteiger partial charge on any atom is 0.227 e. The van der Waals surface area contributed by atoms with E-state index in [1.54, 1.807) is 13.0 Å². The van der Waals surface area contributed by atoms with Gasteiger partial charge in [-0.25, -0.2) is 4.98 Å². The Kier molecular flexibility index (Phi) is 4.29. The fraction of sp³-hybridized carbons (Fsp3) is 0.538. The molecular weight excluding hydrogens is 230 g/mol. The van der Waals surface area contributed by atoms with Crippen LogP contribution < -0.4 is 11.1 Å². The first kappa shape index (κ1) is 14.4. The molecule has 0 spiro atoms. The molecule has 1 amide bonds. The van der Waals surface area contributed by atoms with E-state index in [0.717, 1.165) is 5.69 Å². The third-order valence-electron chi connectivity index (χ3n) is 2.79. The predicted molar refractivity (Wildman–Crippen MR) is 71.3 cm³/mol.